The van der Waals surface area contributed by atoms with E-state index in [9.17, 15) is 0 Å². The number of rotatable bonds is 8. The van der Waals surface area contributed by atoms with Gasteiger partial charge in [0.2, 0.25) is 0 Å². The molecular formula is C21H25NO3. The SMILES string of the molecule is CC(C)(c1ccc(OCC2CN2)cc1)c1ccc(OCC2CO2)cc1. The second kappa shape index (κ2) is 6.70. The van der Waals surface area contributed by atoms with E-state index in [0.717, 1.165) is 31.3 Å². The lowest BCUT2D eigenvalue weighted by Gasteiger charge is -2.26. The summed E-state index contributed by atoms with van der Waals surface area (Å²) in [7, 11) is 0. The predicted molar refractivity (Wildman–Crippen MR) is 97.5 cm³/mol. The summed E-state index contributed by atoms with van der Waals surface area (Å²) in [6.45, 7) is 7.76. The van der Waals surface area contributed by atoms with Crippen molar-refractivity contribution < 1.29 is 14.2 Å². The number of benzene rings is 2. The Hall–Kier alpha value is -2.04. The van der Waals surface area contributed by atoms with Crippen LogP contribution < -0.4 is 14.8 Å². The topological polar surface area (TPSA) is 52.9 Å². The maximum atomic E-state index is 5.78. The Balaban J connectivity index is 1.41. The van der Waals surface area contributed by atoms with E-state index in [4.69, 9.17) is 14.2 Å². The molecule has 2 fully saturated rings. The van der Waals surface area contributed by atoms with Crippen LogP contribution in [0.15, 0.2) is 48.5 Å². The minimum Gasteiger partial charge on any atom is -0.492 e. The van der Waals surface area contributed by atoms with Crippen LogP contribution in [0.5, 0.6) is 11.5 Å². The fourth-order valence-electron chi connectivity index (χ4n) is 2.85. The summed E-state index contributed by atoms with van der Waals surface area (Å²) in [4.78, 5) is 0. The van der Waals surface area contributed by atoms with Gasteiger partial charge < -0.3 is 19.5 Å². The summed E-state index contributed by atoms with van der Waals surface area (Å²) < 4.78 is 16.7. The molecule has 2 unspecified atom stereocenters. The number of hydrogen-bond acceptors (Lipinski definition) is 4. The van der Waals surface area contributed by atoms with Gasteiger partial charge in [-0.3, -0.25) is 0 Å². The van der Waals surface area contributed by atoms with Gasteiger partial charge in [0.05, 0.1) is 12.6 Å². The first-order valence-corrected chi connectivity index (χ1v) is 8.93. The molecule has 0 aromatic heterocycles. The van der Waals surface area contributed by atoms with E-state index in [2.05, 4.69) is 55.6 Å². The highest BCUT2D eigenvalue weighted by Crippen LogP contribution is 2.33. The number of hydrogen-bond donors (Lipinski definition) is 1. The van der Waals surface area contributed by atoms with Crippen LogP contribution in [0.4, 0.5) is 0 Å². The van der Waals surface area contributed by atoms with Gasteiger partial charge in [-0.2, -0.15) is 0 Å². The first-order valence-electron chi connectivity index (χ1n) is 8.93. The minimum absolute atomic E-state index is 0.0747. The van der Waals surface area contributed by atoms with Gasteiger partial charge >= 0.3 is 0 Å². The molecule has 0 radical (unpaired) electrons. The molecule has 2 saturated heterocycles. The molecule has 0 bridgehead atoms. The molecule has 0 spiro atoms. The Morgan fingerprint density at radius 1 is 0.920 bits per heavy atom. The Morgan fingerprint density at radius 2 is 1.40 bits per heavy atom. The largest absolute Gasteiger partial charge is 0.492 e. The fourth-order valence-corrected chi connectivity index (χ4v) is 2.85. The van der Waals surface area contributed by atoms with Gasteiger partial charge in [0.15, 0.2) is 0 Å². The molecule has 4 rings (SSSR count). The standard InChI is InChI=1S/C21H25NO3/c1-21(2,15-3-7-18(8-4-15)23-12-17-11-22-17)16-5-9-19(10-6-16)24-13-20-14-25-20/h3-10,17,20,22H,11-14H2,1-2H3. The zero-order valence-electron chi connectivity index (χ0n) is 14.8. The molecule has 2 aliphatic rings. The number of ether oxygens (including phenoxy) is 3. The van der Waals surface area contributed by atoms with Gasteiger partial charge in [-0.15, -0.1) is 0 Å². The summed E-state index contributed by atoms with van der Waals surface area (Å²) in [6, 6.07) is 17.3. The van der Waals surface area contributed by atoms with E-state index >= 15 is 0 Å². The van der Waals surface area contributed by atoms with Crippen molar-refractivity contribution in [1.82, 2.24) is 5.32 Å². The van der Waals surface area contributed by atoms with Crippen LogP contribution in [-0.2, 0) is 10.2 Å². The van der Waals surface area contributed by atoms with Crippen molar-refractivity contribution in [1.29, 1.82) is 0 Å². The average molecular weight is 339 g/mol. The first kappa shape index (κ1) is 16.4. The summed E-state index contributed by atoms with van der Waals surface area (Å²) in [5.41, 5.74) is 2.46. The van der Waals surface area contributed by atoms with Crippen LogP contribution in [0.25, 0.3) is 0 Å². The molecule has 2 heterocycles. The zero-order valence-corrected chi connectivity index (χ0v) is 14.8. The van der Waals surface area contributed by atoms with Crippen molar-refractivity contribution in [3.05, 3.63) is 59.7 Å². The third-order valence-electron chi connectivity index (χ3n) is 4.93. The highest BCUT2D eigenvalue weighted by molar-refractivity contribution is 5.41. The molecule has 0 saturated carbocycles. The van der Waals surface area contributed by atoms with Crippen LogP contribution in [0.1, 0.15) is 25.0 Å². The van der Waals surface area contributed by atoms with Crippen LogP contribution in [0, 0.1) is 0 Å². The van der Waals surface area contributed by atoms with Crippen molar-refractivity contribution >= 4 is 0 Å². The smallest absolute Gasteiger partial charge is 0.119 e. The van der Waals surface area contributed by atoms with Gasteiger partial charge in [-0.1, -0.05) is 38.1 Å². The third kappa shape index (κ3) is 4.14. The van der Waals surface area contributed by atoms with E-state index in [1.807, 2.05) is 12.1 Å². The van der Waals surface area contributed by atoms with Crippen molar-refractivity contribution in [2.75, 3.05) is 26.4 Å². The predicted octanol–water partition coefficient (Wildman–Crippen LogP) is 3.14. The molecule has 25 heavy (non-hydrogen) atoms. The van der Waals surface area contributed by atoms with Gasteiger partial charge in [-0.25, -0.2) is 0 Å². The lowest BCUT2D eigenvalue weighted by Crippen LogP contribution is -2.18. The molecular weight excluding hydrogens is 314 g/mol. The van der Waals surface area contributed by atoms with Gasteiger partial charge in [0.25, 0.3) is 0 Å². The normalized spacial score (nSPS) is 21.7. The highest BCUT2D eigenvalue weighted by Gasteiger charge is 2.25. The Morgan fingerprint density at radius 3 is 1.84 bits per heavy atom. The zero-order chi connectivity index (χ0) is 17.3. The fraction of sp³-hybridized carbons (Fsp3) is 0.429. The van der Waals surface area contributed by atoms with Crippen LogP contribution in [0.2, 0.25) is 0 Å². The molecule has 2 aliphatic heterocycles. The van der Waals surface area contributed by atoms with E-state index in [-0.39, 0.29) is 11.5 Å². The Kier molecular flexibility index (Phi) is 4.40. The van der Waals surface area contributed by atoms with Crippen LogP contribution in [0.3, 0.4) is 0 Å². The average Bonchev–Trinajstić information content (AvgIpc) is 3.54. The van der Waals surface area contributed by atoms with Crippen molar-refractivity contribution in [3.8, 4) is 11.5 Å². The summed E-state index contributed by atoms with van der Waals surface area (Å²) in [6.07, 6.45) is 0.285. The van der Waals surface area contributed by atoms with Gasteiger partial charge in [0, 0.05) is 12.0 Å². The molecule has 4 nitrogen and oxygen atoms in total. The van der Waals surface area contributed by atoms with Crippen molar-refractivity contribution in [2.24, 2.45) is 0 Å². The number of nitrogens with one attached hydrogen (secondary N) is 1. The van der Waals surface area contributed by atoms with Crippen LogP contribution in [-0.4, -0.2) is 38.5 Å². The lowest BCUT2D eigenvalue weighted by molar-refractivity contribution is 0.263. The maximum absolute atomic E-state index is 5.78. The third-order valence-corrected chi connectivity index (χ3v) is 4.93. The molecule has 4 heteroatoms. The minimum atomic E-state index is -0.0747. The second-order valence-electron chi connectivity index (χ2n) is 7.36. The summed E-state index contributed by atoms with van der Waals surface area (Å²) >= 11 is 0. The van der Waals surface area contributed by atoms with Gasteiger partial charge in [-0.05, 0) is 35.4 Å². The van der Waals surface area contributed by atoms with E-state index in [0.29, 0.717) is 12.6 Å². The molecule has 2 aromatic rings. The molecule has 2 aromatic carbocycles. The summed E-state index contributed by atoms with van der Waals surface area (Å²) in [5.74, 6) is 1.83. The lowest BCUT2D eigenvalue weighted by atomic mass is 9.78. The maximum Gasteiger partial charge on any atom is 0.119 e. The molecule has 1 N–H and O–H groups in total. The van der Waals surface area contributed by atoms with Crippen molar-refractivity contribution in [2.45, 2.75) is 31.4 Å². The van der Waals surface area contributed by atoms with E-state index < -0.39 is 0 Å². The second-order valence-corrected chi connectivity index (χ2v) is 7.36. The first-order chi connectivity index (χ1) is 12.1. The Labute approximate surface area is 149 Å². The molecule has 0 aliphatic carbocycles. The molecule has 132 valence electrons. The summed E-state index contributed by atoms with van der Waals surface area (Å²) in [5, 5.41) is 3.24. The molecule has 2 atom stereocenters. The highest BCUT2D eigenvalue weighted by atomic mass is 16.6. The van der Waals surface area contributed by atoms with E-state index in [1.54, 1.807) is 0 Å². The Bertz CT molecular complexity index is 639. The van der Waals surface area contributed by atoms with Crippen LogP contribution >= 0.6 is 0 Å². The quantitative estimate of drug-likeness (QED) is 0.751. The monoisotopic (exact) mass is 339 g/mol. The number of epoxide rings is 1. The molecule has 0 amide bonds. The van der Waals surface area contributed by atoms with Crippen molar-refractivity contribution in [3.63, 3.8) is 0 Å². The van der Waals surface area contributed by atoms with E-state index in [1.165, 1.54) is 11.1 Å². The van der Waals surface area contributed by atoms with Gasteiger partial charge in [0.1, 0.15) is 30.8 Å².